The minimum Gasteiger partial charge on any atom is -0.493 e. The van der Waals surface area contributed by atoms with Crippen molar-refractivity contribution in [3.05, 3.63) is 60.2 Å². The third-order valence-corrected chi connectivity index (χ3v) is 3.96. The van der Waals surface area contributed by atoms with Crippen LogP contribution >= 0.6 is 22.9 Å². The number of guanidine groups is 1. The van der Waals surface area contributed by atoms with Crippen molar-refractivity contribution < 1.29 is 9.47 Å². The van der Waals surface area contributed by atoms with Gasteiger partial charge in [-0.3, -0.25) is 8.52 Å². The van der Waals surface area contributed by atoms with Crippen molar-refractivity contribution >= 4 is 28.8 Å². The first-order valence-corrected chi connectivity index (χ1v) is 8.29. The van der Waals surface area contributed by atoms with E-state index in [0.29, 0.717) is 19.8 Å². The Labute approximate surface area is 150 Å². The molecule has 0 saturated heterocycles. The van der Waals surface area contributed by atoms with Gasteiger partial charge in [-0.05, 0) is 18.2 Å². The third-order valence-electron chi connectivity index (χ3n) is 3.10. The van der Waals surface area contributed by atoms with E-state index in [4.69, 9.17) is 20.6 Å². The van der Waals surface area contributed by atoms with Crippen LogP contribution in [0.2, 0.25) is 0 Å². The predicted molar refractivity (Wildman–Crippen MR) is 100.0 cm³/mol. The molecule has 122 valence electrons. The quantitative estimate of drug-likeness (QED) is 0.223. The summed E-state index contributed by atoms with van der Waals surface area (Å²) in [5.41, 5.74) is 6.47. The number of benzene rings is 2. The van der Waals surface area contributed by atoms with E-state index in [1.54, 1.807) is 3.11 Å². The molecule has 0 aliphatic heterocycles. The smallest absolute Gasteiger partial charge is 0.197 e. The fourth-order valence-corrected chi connectivity index (χ4v) is 2.33. The standard InChI is InChI=1S/C17H20IN3O2/c18-21(17(19)20)13-14-7-4-5-10-16(14)23-12-6-11-22-15-8-2-1-3-9-15/h1-5,7-10H,6,11-13H2,(H3,19,20). The summed E-state index contributed by atoms with van der Waals surface area (Å²) in [7, 11) is 0. The molecule has 2 aromatic carbocycles. The highest BCUT2D eigenvalue weighted by Crippen LogP contribution is 2.21. The first-order valence-electron chi connectivity index (χ1n) is 7.32. The molecule has 2 aromatic rings. The van der Waals surface area contributed by atoms with Gasteiger partial charge in [0, 0.05) is 12.0 Å². The van der Waals surface area contributed by atoms with E-state index in [1.165, 1.54) is 0 Å². The molecule has 0 bridgehead atoms. The van der Waals surface area contributed by atoms with Crippen molar-refractivity contribution in [1.82, 2.24) is 3.11 Å². The number of para-hydroxylation sites is 2. The Morgan fingerprint density at radius 2 is 1.65 bits per heavy atom. The van der Waals surface area contributed by atoms with Gasteiger partial charge >= 0.3 is 0 Å². The molecule has 0 aliphatic carbocycles. The van der Waals surface area contributed by atoms with E-state index in [2.05, 4.69) is 0 Å². The zero-order chi connectivity index (χ0) is 16.5. The van der Waals surface area contributed by atoms with E-state index in [9.17, 15) is 0 Å². The van der Waals surface area contributed by atoms with Gasteiger partial charge in [0.2, 0.25) is 0 Å². The Morgan fingerprint density at radius 1 is 1.00 bits per heavy atom. The van der Waals surface area contributed by atoms with Crippen LogP contribution in [0.5, 0.6) is 11.5 Å². The Kier molecular flexibility index (Phi) is 6.99. The molecule has 23 heavy (non-hydrogen) atoms. The molecule has 0 saturated carbocycles. The maximum absolute atomic E-state index is 7.43. The van der Waals surface area contributed by atoms with Gasteiger partial charge in [-0.25, -0.2) is 0 Å². The van der Waals surface area contributed by atoms with Crippen molar-refractivity contribution in [1.29, 1.82) is 5.41 Å². The molecular weight excluding hydrogens is 405 g/mol. The summed E-state index contributed by atoms with van der Waals surface area (Å²) in [5, 5.41) is 7.43. The van der Waals surface area contributed by atoms with Gasteiger partial charge < -0.3 is 15.2 Å². The lowest BCUT2D eigenvalue weighted by molar-refractivity contribution is 0.246. The van der Waals surface area contributed by atoms with Crippen molar-refractivity contribution in [3.63, 3.8) is 0 Å². The molecule has 6 heteroatoms. The van der Waals surface area contributed by atoms with E-state index >= 15 is 0 Å². The van der Waals surface area contributed by atoms with Gasteiger partial charge in [-0.1, -0.05) is 36.4 Å². The number of nitrogens with two attached hydrogens (primary N) is 1. The van der Waals surface area contributed by atoms with Gasteiger partial charge in [0.05, 0.1) is 42.6 Å². The van der Waals surface area contributed by atoms with Crippen LogP contribution in [0.1, 0.15) is 12.0 Å². The number of nitrogens with one attached hydrogen (secondary N) is 1. The normalized spacial score (nSPS) is 10.1. The molecule has 5 nitrogen and oxygen atoms in total. The average molecular weight is 425 g/mol. The number of hydrogen-bond acceptors (Lipinski definition) is 3. The number of hydrogen-bond donors (Lipinski definition) is 2. The van der Waals surface area contributed by atoms with Crippen LogP contribution in [-0.2, 0) is 6.54 Å². The van der Waals surface area contributed by atoms with Crippen LogP contribution in [0.3, 0.4) is 0 Å². The highest BCUT2D eigenvalue weighted by Gasteiger charge is 2.08. The average Bonchev–Trinajstić information content (AvgIpc) is 2.57. The second kappa shape index (κ2) is 9.24. The van der Waals surface area contributed by atoms with Crippen LogP contribution in [0, 0.1) is 5.41 Å². The number of halogens is 1. The first-order chi connectivity index (χ1) is 11.2. The van der Waals surface area contributed by atoms with Crippen LogP contribution in [-0.4, -0.2) is 22.3 Å². The van der Waals surface area contributed by atoms with E-state index in [-0.39, 0.29) is 5.96 Å². The van der Waals surface area contributed by atoms with Crippen LogP contribution < -0.4 is 15.2 Å². The molecule has 0 fully saturated rings. The first kappa shape index (κ1) is 17.4. The number of nitrogens with zero attached hydrogens (tertiary/aromatic N) is 1. The zero-order valence-corrected chi connectivity index (χ0v) is 14.9. The van der Waals surface area contributed by atoms with Gasteiger partial charge in [0.15, 0.2) is 5.96 Å². The Balaban J connectivity index is 1.78. The van der Waals surface area contributed by atoms with E-state index < -0.39 is 0 Å². The monoisotopic (exact) mass is 425 g/mol. The van der Waals surface area contributed by atoms with Gasteiger partial charge in [-0.15, -0.1) is 0 Å². The van der Waals surface area contributed by atoms with Crippen LogP contribution in [0.25, 0.3) is 0 Å². The maximum atomic E-state index is 7.43. The van der Waals surface area contributed by atoms with Crippen LogP contribution in [0.4, 0.5) is 0 Å². The third kappa shape index (κ3) is 5.97. The molecule has 0 aliphatic rings. The van der Waals surface area contributed by atoms with Gasteiger partial charge in [0.1, 0.15) is 11.5 Å². The molecule has 0 atom stereocenters. The lowest BCUT2D eigenvalue weighted by Gasteiger charge is -2.17. The Hall–Kier alpha value is -1.96. The molecule has 0 amide bonds. The topological polar surface area (TPSA) is 71.6 Å². The van der Waals surface area contributed by atoms with E-state index in [0.717, 1.165) is 23.5 Å². The summed E-state index contributed by atoms with van der Waals surface area (Å²) in [6.45, 7) is 1.72. The minimum absolute atomic E-state index is 0.0247. The summed E-state index contributed by atoms with van der Waals surface area (Å²) < 4.78 is 13.1. The Morgan fingerprint density at radius 3 is 2.39 bits per heavy atom. The summed E-state index contributed by atoms with van der Waals surface area (Å²) in [6.07, 6.45) is 0.796. The van der Waals surface area contributed by atoms with Crippen molar-refractivity contribution in [2.75, 3.05) is 13.2 Å². The molecule has 0 unspecified atom stereocenters. The predicted octanol–water partition coefficient (Wildman–Crippen LogP) is 3.58. The van der Waals surface area contributed by atoms with Crippen LogP contribution in [0.15, 0.2) is 54.6 Å². The highest BCUT2D eigenvalue weighted by atomic mass is 127. The van der Waals surface area contributed by atoms with Gasteiger partial charge in [-0.2, -0.15) is 0 Å². The lowest BCUT2D eigenvalue weighted by atomic mass is 10.2. The molecule has 0 radical (unpaired) electrons. The van der Waals surface area contributed by atoms with Crippen molar-refractivity contribution in [3.8, 4) is 11.5 Å². The summed E-state index contributed by atoms with van der Waals surface area (Å²) in [6, 6.07) is 17.5. The van der Waals surface area contributed by atoms with Crippen molar-refractivity contribution in [2.24, 2.45) is 5.73 Å². The van der Waals surface area contributed by atoms with Crippen molar-refractivity contribution in [2.45, 2.75) is 13.0 Å². The Bertz CT molecular complexity index is 622. The zero-order valence-electron chi connectivity index (χ0n) is 12.7. The molecule has 3 N–H and O–H groups in total. The SMILES string of the molecule is N=C(N)N(I)Cc1ccccc1OCCCOc1ccccc1. The highest BCUT2D eigenvalue weighted by molar-refractivity contribution is 14.1. The molecule has 0 spiro atoms. The number of rotatable bonds is 8. The molecule has 0 aromatic heterocycles. The molecular formula is C17H20IN3O2. The summed E-state index contributed by atoms with van der Waals surface area (Å²) >= 11 is 2.02. The lowest BCUT2D eigenvalue weighted by Crippen LogP contribution is -2.27. The largest absolute Gasteiger partial charge is 0.493 e. The minimum atomic E-state index is 0.0247. The number of ether oxygens (including phenoxy) is 2. The maximum Gasteiger partial charge on any atom is 0.197 e. The second-order valence-corrected chi connectivity index (χ2v) is 6.04. The van der Waals surface area contributed by atoms with Gasteiger partial charge in [0.25, 0.3) is 0 Å². The second-order valence-electron chi connectivity index (χ2n) is 4.88. The fourth-order valence-electron chi connectivity index (χ4n) is 1.96. The fraction of sp³-hybridized carbons (Fsp3) is 0.235. The van der Waals surface area contributed by atoms with E-state index in [1.807, 2.05) is 77.5 Å². The summed E-state index contributed by atoms with van der Waals surface area (Å²) in [4.78, 5) is 0. The molecule has 2 rings (SSSR count). The molecule has 0 heterocycles. The summed E-state index contributed by atoms with van der Waals surface area (Å²) in [5.74, 6) is 1.71.